The third-order valence-electron chi connectivity index (χ3n) is 7.15. The SMILES string of the molecule is N#Cc1c(-c2ccccc2)csc1NC(=O)CSc1cccc(NC(=O)/C(=C/c2c[nH]c3ccccc23)NC(=O)c2ccccc2)c1. The third-order valence-corrected chi connectivity index (χ3v) is 9.04. The van der Waals surface area contributed by atoms with Crippen LogP contribution in [-0.2, 0) is 9.59 Å². The number of fused-ring (bicyclic) bond motifs is 1. The Bertz CT molecular complexity index is 2150. The number of para-hydroxylation sites is 1. The van der Waals surface area contributed by atoms with Crippen LogP contribution in [0.15, 0.2) is 131 Å². The number of nitrogens with one attached hydrogen (secondary N) is 4. The maximum Gasteiger partial charge on any atom is 0.272 e. The molecule has 0 aliphatic heterocycles. The molecule has 8 nitrogen and oxygen atoms in total. The minimum absolute atomic E-state index is 0.0696. The predicted molar refractivity (Wildman–Crippen MR) is 189 cm³/mol. The fraction of sp³-hybridized carbons (Fsp3) is 0.0270. The van der Waals surface area contributed by atoms with Gasteiger partial charge in [0.05, 0.1) is 11.3 Å². The zero-order valence-corrected chi connectivity index (χ0v) is 26.5. The summed E-state index contributed by atoms with van der Waals surface area (Å²) >= 11 is 2.61. The number of benzene rings is 4. The summed E-state index contributed by atoms with van der Waals surface area (Å²) in [6.45, 7) is 0. The van der Waals surface area contributed by atoms with Crippen LogP contribution >= 0.6 is 23.1 Å². The first-order chi connectivity index (χ1) is 23.0. The van der Waals surface area contributed by atoms with Gasteiger partial charge in [0, 0.05) is 49.8 Å². The number of H-pyrrole nitrogens is 1. The molecule has 0 spiro atoms. The highest BCUT2D eigenvalue weighted by Crippen LogP contribution is 2.35. The molecule has 0 atom stereocenters. The van der Waals surface area contributed by atoms with Crippen LogP contribution in [0, 0.1) is 11.3 Å². The first-order valence-corrected chi connectivity index (χ1v) is 16.4. The number of aromatic nitrogens is 1. The van der Waals surface area contributed by atoms with E-state index in [0.29, 0.717) is 21.8 Å². The van der Waals surface area contributed by atoms with Crippen molar-refractivity contribution in [2.75, 3.05) is 16.4 Å². The van der Waals surface area contributed by atoms with Gasteiger partial charge in [-0.1, -0.05) is 72.8 Å². The molecule has 0 bridgehead atoms. The smallest absolute Gasteiger partial charge is 0.272 e. The Morgan fingerprint density at radius 2 is 1.62 bits per heavy atom. The van der Waals surface area contributed by atoms with E-state index in [2.05, 4.69) is 27.0 Å². The van der Waals surface area contributed by atoms with Crippen molar-refractivity contribution < 1.29 is 14.4 Å². The van der Waals surface area contributed by atoms with Gasteiger partial charge in [-0.3, -0.25) is 14.4 Å². The van der Waals surface area contributed by atoms with Crippen LogP contribution < -0.4 is 16.0 Å². The largest absolute Gasteiger partial charge is 0.361 e. The van der Waals surface area contributed by atoms with E-state index in [1.807, 2.05) is 72.1 Å². The summed E-state index contributed by atoms with van der Waals surface area (Å²) in [5.41, 5.74) is 4.76. The topological polar surface area (TPSA) is 127 Å². The number of carbonyl (C=O) groups excluding carboxylic acids is 3. The standard InChI is InChI=1S/C37H27N5O3S2/c38-20-30-31(24-10-3-1-4-11-24)22-47-37(30)42-34(43)23-46-28-15-9-14-27(19-28)40-36(45)33(41-35(44)25-12-5-2-6-13-25)18-26-21-39-32-17-8-7-16-29(26)32/h1-19,21-22,39H,23H2,(H,40,45)(H,41,44)(H,42,43)/b33-18-. The number of carbonyl (C=O) groups is 3. The number of hydrogen-bond donors (Lipinski definition) is 4. The molecule has 0 fully saturated rings. The van der Waals surface area contributed by atoms with Gasteiger partial charge >= 0.3 is 0 Å². The predicted octanol–water partition coefficient (Wildman–Crippen LogP) is 7.91. The van der Waals surface area contributed by atoms with E-state index in [-0.39, 0.29) is 17.4 Å². The fourth-order valence-corrected chi connectivity index (χ4v) is 6.57. The molecule has 0 aliphatic rings. The van der Waals surface area contributed by atoms with E-state index < -0.39 is 11.8 Å². The first kappa shape index (κ1) is 31.1. The highest BCUT2D eigenvalue weighted by atomic mass is 32.2. The van der Waals surface area contributed by atoms with Gasteiger partial charge in [-0.15, -0.1) is 23.1 Å². The van der Waals surface area contributed by atoms with Gasteiger partial charge in [-0.2, -0.15) is 5.26 Å². The lowest BCUT2D eigenvalue weighted by Crippen LogP contribution is -2.30. The molecule has 0 aliphatic carbocycles. The second-order valence-electron chi connectivity index (χ2n) is 10.3. The van der Waals surface area contributed by atoms with Crippen LogP contribution in [0.5, 0.6) is 0 Å². The molecule has 47 heavy (non-hydrogen) atoms. The van der Waals surface area contributed by atoms with Gasteiger partial charge in [0.25, 0.3) is 11.8 Å². The molecule has 2 heterocycles. The Hall–Kier alpha value is -5.89. The van der Waals surface area contributed by atoms with Gasteiger partial charge in [0.1, 0.15) is 16.8 Å². The van der Waals surface area contributed by atoms with Crippen LogP contribution in [0.4, 0.5) is 10.7 Å². The second-order valence-corrected chi connectivity index (χ2v) is 12.2. The molecule has 6 rings (SSSR count). The molecule has 0 saturated heterocycles. The van der Waals surface area contributed by atoms with E-state index in [1.165, 1.54) is 23.1 Å². The minimum atomic E-state index is -0.504. The van der Waals surface area contributed by atoms with Crippen molar-refractivity contribution in [2.24, 2.45) is 0 Å². The van der Waals surface area contributed by atoms with Crippen molar-refractivity contribution >= 4 is 68.5 Å². The van der Waals surface area contributed by atoms with E-state index in [9.17, 15) is 19.6 Å². The zero-order valence-electron chi connectivity index (χ0n) is 24.8. The van der Waals surface area contributed by atoms with Crippen LogP contribution in [0.2, 0.25) is 0 Å². The van der Waals surface area contributed by atoms with Crippen LogP contribution in [-0.4, -0.2) is 28.5 Å². The summed E-state index contributed by atoms with van der Waals surface area (Å²) in [7, 11) is 0. The Balaban J connectivity index is 1.14. The lowest BCUT2D eigenvalue weighted by Gasteiger charge is -2.12. The highest BCUT2D eigenvalue weighted by Gasteiger charge is 2.18. The number of nitrogens with zero attached hydrogens (tertiary/aromatic N) is 1. The summed E-state index contributed by atoms with van der Waals surface area (Å²) in [6, 6.07) is 35.3. The number of aromatic amines is 1. The molecule has 0 unspecified atom stereocenters. The molecule has 10 heteroatoms. The van der Waals surface area contributed by atoms with Gasteiger partial charge in [0.15, 0.2) is 0 Å². The lowest BCUT2D eigenvalue weighted by atomic mass is 10.1. The maximum absolute atomic E-state index is 13.6. The number of thioether (sulfide) groups is 1. The number of thiophene rings is 1. The minimum Gasteiger partial charge on any atom is -0.361 e. The Morgan fingerprint density at radius 1 is 0.872 bits per heavy atom. The summed E-state index contributed by atoms with van der Waals surface area (Å²) in [5, 5.41) is 21.6. The van der Waals surface area contributed by atoms with Crippen molar-refractivity contribution in [1.82, 2.24) is 10.3 Å². The van der Waals surface area contributed by atoms with Crippen molar-refractivity contribution in [3.8, 4) is 17.2 Å². The van der Waals surface area contributed by atoms with Gasteiger partial charge in [-0.05, 0) is 48.0 Å². The van der Waals surface area contributed by atoms with Gasteiger partial charge in [-0.25, -0.2) is 0 Å². The van der Waals surface area contributed by atoms with E-state index in [1.54, 1.807) is 54.7 Å². The number of hydrogen-bond acceptors (Lipinski definition) is 6. The Kier molecular flexibility index (Phi) is 9.58. The molecule has 0 radical (unpaired) electrons. The van der Waals surface area contributed by atoms with E-state index in [0.717, 1.165) is 32.5 Å². The molecular weight excluding hydrogens is 627 g/mol. The van der Waals surface area contributed by atoms with Gasteiger partial charge < -0.3 is 20.9 Å². The average Bonchev–Trinajstić information content (AvgIpc) is 3.71. The molecule has 2 aromatic heterocycles. The highest BCUT2D eigenvalue weighted by molar-refractivity contribution is 8.00. The van der Waals surface area contributed by atoms with Crippen molar-refractivity contribution in [3.05, 3.63) is 143 Å². The number of nitriles is 1. The van der Waals surface area contributed by atoms with Crippen molar-refractivity contribution in [1.29, 1.82) is 5.26 Å². The zero-order chi connectivity index (χ0) is 32.6. The summed E-state index contributed by atoms with van der Waals surface area (Å²) in [6.07, 6.45) is 3.42. The fourth-order valence-electron chi connectivity index (χ4n) is 4.88. The summed E-state index contributed by atoms with van der Waals surface area (Å²) in [4.78, 5) is 43.4. The summed E-state index contributed by atoms with van der Waals surface area (Å²) < 4.78 is 0. The molecule has 4 aromatic carbocycles. The number of anilines is 2. The average molecular weight is 654 g/mol. The summed E-state index contributed by atoms with van der Waals surface area (Å²) in [5.74, 6) is -1.08. The van der Waals surface area contributed by atoms with Gasteiger partial charge in [0.2, 0.25) is 5.91 Å². The van der Waals surface area contributed by atoms with Crippen LogP contribution in [0.3, 0.4) is 0 Å². The van der Waals surface area contributed by atoms with E-state index in [4.69, 9.17) is 0 Å². The van der Waals surface area contributed by atoms with Crippen LogP contribution in [0.1, 0.15) is 21.5 Å². The second kappa shape index (κ2) is 14.5. The maximum atomic E-state index is 13.6. The van der Waals surface area contributed by atoms with Crippen molar-refractivity contribution in [3.63, 3.8) is 0 Å². The molecule has 6 aromatic rings. The Labute approximate surface area is 279 Å². The molecule has 4 N–H and O–H groups in total. The molecule has 0 saturated carbocycles. The van der Waals surface area contributed by atoms with Crippen LogP contribution in [0.25, 0.3) is 28.1 Å². The van der Waals surface area contributed by atoms with Crippen molar-refractivity contribution in [2.45, 2.75) is 4.90 Å². The first-order valence-electron chi connectivity index (χ1n) is 14.5. The number of amides is 3. The monoisotopic (exact) mass is 653 g/mol. The Morgan fingerprint density at radius 3 is 2.40 bits per heavy atom. The third kappa shape index (κ3) is 7.50. The molecule has 230 valence electrons. The molecule has 3 amide bonds. The lowest BCUT2D eigenvalue weighted by molar-refractivity contribution is -0.114. The van der Waals surface area contributed by atoms with E-state index >= 15 is 0 Å². The normalized spacial score (nSPS) is 11.1. The molecular formula is C37H27N5O3S2. The quantitative estimate of drug-likeness (QED) is 0.0883. The number of rotatable bonds is 10.